The van der Waals surface area contributed by atoms with E-state index in [0.717, 1.165) is 0 Å². The van der Waals surface area contributed by atoms with Crippen molar-refractivity contribution < 1.29 is 13.5 Å². The molecule has 106 valence electrons. The van der Waals surface area contributed by atoms with E-state index in [2.05, 4.69) is 30.2 Å². The van der Waals surface area contributed by atoms with Gasteiger partial charge in [0.05, 0.1) is 11.7 Å². The van der Waals surface area contributed by atoms with Crippen LogP contribution in [0.15, 0.2) is 30.6 Å². The zero-order chi connectivity index (χ0) is 14.4. The van der Waals surface area contributed by atoms with Crippen molar-refractivity contribution in [2.24, 2.45) is 0 Å². The first-order valence-electron chi connectivity index (χ1n) is 5.93. The number of ether oxygens (including phenoxy) is 1. The standard InChI is InChI=1S/C12H13F2N5O/c1-8(11-15-5-2-6-16-11)17-7-9-3-4-10(19-18-9)20-12(13)14/h2-6,8,12,17H,7H2,1H3. The molecule has 2 heterocycles. The number of nitrogens with one attached hydrogen (secondary N) is 1. The molecule has 0 aliphatic heterocycles. The van der Waals surface area contributed by atoms with Gasteiger partial charge in [0.1, 0.15) is 5.82 Å². The summed E-state index contributed by atoms with van der Waals surface area (Å²) in [5.74, 6) is 0.460. The van der Waals surface area contributed by atoms with Crippen LogP contribution in [0.4, 0.5) is 8.78 Å². The second-order valence-corrected chi connectivity index (χ2v) is 3.95. The number of rotatable bonds is 6. The highest BCUT2D eigenvalue weighted by Gasteiger charge is 2.09. The molecule has 1 N–H and O–H groups in total. The van der Waals surface area contributed by atoms with Crippen molar-refractivity contribution in [2.75, 3.05) is 0 Å². The maximum absolute atomic E-state index is 11.9. The second-order valence-electron chi connectivity index (χ2n) is 3.95. The third-order valence-corrected chi connectivity index (χ3v) is 2.47. The van der Waals surface area contributed by atoms with Crippen LogP contribution in [-0.2, 0) is 6.54 Å². The van der Waals surface area contributed by atoms with Crippen molar-refractivity contribution in [3.63, 3.8) is 0 Å². The minimum absolute atomic E-state index is 0.0602. The highest BCUT2D eigenvalue weighted by atomic mass is 19.3. The minimum Gasteiger partial charge on any atom is -0.415 e. The topological polar surface area (TPSA) is 72.8 Å². The van der Waals surface area contributed by atoms with Crippen LogP contribution in [0.25, 0.3) is 0 Å². The molecule has 6 nitrogen and oxygen atoms in total. The molecule has 0 aromatic carbocycles. The summed E-state index contributed by atoms with van der Waals surface area (Å²) in [5, 5.41) is 10.5. The Kier molecular flexibility index (Phi) is 4.83. The highest BCUT2D eigenvalue weighted by Crippen LogP contribution is 2.10. The van der Waals surface area contributed by atoms with Gasteiger partial charge in [-0.3, -0.25) is 0 Å². The van der Waals surface area contributed by atoms with Crippen LogP contribution in [-0.4, -0.2) is 26.8 Å². The van der Waals surface area contributed by atoms with E-state index < -0.39 is 6.61 Å². The van der Waals surface area contributed by atoms with E-state index in [1.807, 2.05) is 6.92 Å². The Hall–Kier alpha value is -2.22. The average molecular weight is 281 g/mol. The van der Waals surface area contributed by atoms with Gasteiger partial charge in [-0.15, -0.1) is 5.10 Å². The van der Waals surface area contributed by atoms with Gasteiger partial charge in [0, 0.05) is 25.0 Å². The minimum atomic E-state index is -2.90. The molecule has 2 rings (SSSR count). The summed E-state index contributed by atoms with van der Waals surface area (Å²) in [7, 11) is 0. The summed E-state index contributed by atoms with van der Waals surface area (Å²) in [4.78, 5) is 8.25. The van der Waals surface area contributed by atoms with E-state index in [1.54, 1.807) is 24.5 Å². The first-order valence-corrected chi connectivity index (χ1v) is 5.93. The molecule has 0 aliphatic rings. The molecule has 0 aliphatic carbocycles. The van der Waals surface area contributed by atoms with Gasteiger partial charge >= 0.3 is 6.61 Å². The van der Waals surface area contributed by atoms with Crippen molar-refractivity contribution in [3.05, 3.63) is 42.1 Å². The fraction of sp³-hybridized carbons (Fsp3) is 0.333. The maximum Gasteiger partial charge on any atom is 0.388 e. The van der Waals surface area contributed by atoms with Gasteiger partial charge in [-0.05, 0) is 19.1 Å². The van der Waals surface area contributed by atoms with Gasteiger partial charge in [0.2, 0.25) is 5.88 Å². The molecule has 2 aromatic heterocycles. The molecule has 0 saturated heterocycles. The van der Waals surface area contributed by atoms with Crippen LogP contribution in [0.2, 0.25) is 0 Å². The van der Waals surface area contributed by atoms with E-state index in [-0.39, 0.29) is 11.9 Å². The number of hydrogen-bond acceptors (Lipinski definition) is 6. The third-order valence-electron chi connectivity index (χ3n) is 2.47. The summed E-state index contributed by atoms with van der Waals surface area (Å²) < 4.78 is 28.0. The normalized spacial score (nSPS) is 12.4. The lowest BCUT2D eigenvalue weighted by Gasteiger charge is -2.11. The van der Waals surface area contributed by atoms with E-state index >= 15 is 0 Å². The smallest absolute Gasteiger partial charge is 0.388 e. The van der Waals surface area contributed by atoms with E-state index in [0.29, 0.717) is 18.1 Å². The second kappa shape index (κ2) is 6.80. The van der Waals surface area contributed by atoms with E-state index in [1.165, 1.54) is 6.07 Å². The molecule has 0 radical (unpaired) electrons. The fourth-order valence-corrected chi connectivity index (χ4v) is 1.48. The number of halogens is 2. The summed E-state index contributed by atoms with van der Waals surface area (Å²) in [6.07, 6.45) is 3.33. The summed E-state index contributed by atoms with van der Waals surface area (Å²) in [5.41, 5.74) is 0.606. The summed E-state index contributed by atoms with van der Waals surface area (Å²) in [6.45, 7) is -0.568. The Morgan fingerprint density at radius 3 is 2.55 bits per heavy atom. The molecule has 1 atom stereocenters. The quantitative estimate of drug-likeness (QED) is 0.869. The van der Waals surface area contributed by atoms with Crippen molar-refractivity contribution in [2.45, 2.75) is 26.1 Å². The highest BCUT2D eigenvalue weighted by molar-refractivity contribution is 5.11. The third kappa shape index (κ3) is 4.16. The van der Waals surface area contributed by atoms with Gasteiger partial charge in [-0.1, -0.05) is 0 Å². The Morgan fingerprint density at radius 1 is 1.20 bits per heavy atom. The molecule has 8 heteroatoms. The molecule has 1 unspecified atom stereocenters. The zero-order valence-corrected chi connectivity index (χ0v) is 10.7. The first-order chi connectivity index (χ1) is 9.65. The number of aromatic nitrogens is 4. The van der Waals surface area contributed by atoms with Gasteiger partial charge < -0.3 is 10.1 Å². The predicted molar refractivity (Wildman–Crippen MR) is 66.0 cm³/mol. The molecule has 0 amide bonds. The van der Waals surface area contributed by atoms with Gasteiger partial charge in [-0.25, -0.2) is 9.97 Å². The van der Waals surface area contributed by atoms with E-state index in [4.69, 9.17) is 0 Å². The van der Waals surface area contributed by atoms with E-state index in [9.17, 15) is 8.78 Å². The molecular formula is C12H13F2N5O. The number of nitrogens with zero attached hydrogens (tertiary/aromatic N) is 4. The molecule has 0 spiro atoms. The predicted octanol–water partition coefficient (Wildman–Crippen LogP) is 1.72. The van der Waals surface area contributed by atoms with Crippen LogP contribution >= 0.6 is 0 Å². The largest absolute Gasteiger partial charge is 0.415 e. The molecule has 0 fully saturated rings. The first kappa shape index (κ1) is 14.2. The lowest BCUT2D eigenvalue weighted by molar-refractivity contribution is -0.0534. The Labute approximate surface area is 114 Å². The van der Waals surface area contributed by atoms with Crippen molar-refractivity contribution in [3.8, 4) is 5.88 Å². The Bertz CT molecular complexity index is 523. The van der Waals surface area contributed by atoms with Crippen LogP contribution in [0.5, 0.6) is 5.88 Å². The number of hydrogen-bond donors (Lipinski definition) is 1. The van der Waals surface area contributed by atoms with Crippen LogP contribution in [0.1, 0.15) is 24.5 Å². The zero-order valence-electron chi connectivity index (χ0n) is 10.7. The van der Waals surface area contributed by atoms with Crippen LogP contribution in [0.3, 0.4) is 0 Å². The molecule has 20 heavy (non-hydrogen) atoms. The monoisotopic (exact) mass is 281 g/mol. The molecule has 0 saturated carbocycles. The average Bonchev–Trinajstić information content (AvgIpc) is 2.46. The fourth-order valence-electron chi connectivity index (χ4n) is 1.48. The summed E-state index contributed by atoms with van der Waals surface area (Å²) >= 11 is 0. The molecule has 2 aromatic rings. The Morgan fingerprint density at radius 2 is 1.95 bits per heavy atom. The molecular weight excluding hydrogens is 268 g/mol. The van der Waals surface area contributed by atoms with Crippen molar-refractivity contribution in [1.29, 1.82) is 0 Å². The maximum atomic E-state index is 11.9. The van der Waals surface area contributed by atoms with Crippen LogP contribution in [0, 0.1) is 0 Å². The SMILES string of the molecule is CC(NCc1ccc(OC(F)F)nn1)c1ncccn1. The van der Waals surface area contributed by atoms with Gasteiger partial charge in [0.25, 0.3) is 0 Å². The lowest BCUT2D eigenvalue weighted by Crippen LogP contribution is -2.20. The van der Waals surface area contributed by atoms with Crippen molar-refractivity contribution in [1.82, 2.24) is 25.5 Å². The molecule has 0 bridgehead atoms. The van der Waals surface area contributed by atoms with Crippen molar-refractivity contribution >= 4 is 0 Å². The van der Waals surface area contributed by atoms with Crippen LogP contribution < -0.4 is 10.1 Å². The summed E-state index contributed by atoms with van der Waals surface area (Å²) in [6, 6.07) is 4.59. The van der Waals surface area contributed by atoms with Gasteiger partial charge in [0.15, 0.2) is 0 Å². The number of alkyl halides is 2. The van der Waals surface area contributed by atoms with Gasteiger partial charge in [-0.2, -0.15) is 13.9 Å². The lowest BCUT2D eigenvalue weighted by atomic mass is 10.3. The Balaban J connectivity index is 1.88.